The molecule has 4 fully saturated rings. The van der Waals surface area contributed by atoms with Crippen LogP contribution in [0.1, 0.15) is 65.7 Å². The van der Waals surface area contributed by atoms with Crippen LogP contribution in [0.2, 0.25) is 0 Å². The zero-order chi connectivity index (χ0) is 19.2. The second kappa shape index (κ2) is 6.91. The Morgan fingerprint density at radius 2 is 1.48 bits per heavy atom. The Kier molecular flexibility index (Phi) is 4.86. The van der Waals surface area contributed by atoms with Gasteiger partial charge in [-0.15, -0.1) is 0 Å². The molecular weight excluding hydrogens is 344 g/mol. The van der Waals surface area contributed by atoms with Crippen LogP contribution < -0.4 is 0 Å². The van der Waals surface area contributed by atoms with Gasteiger partial charge in [0, 0.05) is 12.0 Å². The van der Waals surface area contributed by atoms with Gasteiger partial charge in [0.1, 0.15) is 5.78 Å². The highest BCUT2D eigenvalue weighted by Crippen LogP contribution is 2.61. The average molecular weight is 376 g/mol. The van der Waals surface area contributed by atoms with E-state index in [1.54, 1.807) is 0 Å². The fraction of sp³-hybridized carbons (Fsp3) is 0.818. The molecule has 4 saturated carbocycles. The molecule has 27 heavy (non-hydrogen) atoms. The highest BCUT2D eigenvalue weighted by molar-refractivity contribution is 6.12. The van der Waals surface area contributed by atoms with Crippen LogP contribution in [0.3, 0.4) is 0 Å². The van der Waals surface area contributed by atoms with E-state index >= 15 is 0 Å². The van der Waals surface area contributed by atoms with Gasteiger partial charge < -0.3 is 14.2 Å². The van der Waals surface area contributed by atoms with Crippen LogP contribution in [0.5, 0.6) is 0 Å². The van der Waals surface area contributed by atoms with E-state index in [-0.39, 0.29) is 29.2 Å². The molecule has 5 aliphatic rings. The fourth-order valence-corrected chi connectivity index (χ4v) is 6.57. The molecule has 0 amide bonds. The van der Waals surface area contributed by atoms with Crippen molar-refractivity contribution in [3.05, 3.63) is 11.5 Å². The normalized spacial score (nSPS) is 39.5. The Labute approximate surface area is 161 Å². The van der Waals surface area contributed by atoms with Crippen molar-refractivity contribution in [3.8, 4) is 0 Å². The first-order valence-electron chi connectivity index (χ1n) is 10.7. The second-order valence-corrected chi connectivity index (χ2v) is 8.91. The molecule has 150 valence electrons. The van der Waals surface area contributed by atoms with Crippen molar-refractivity contribution in [2.75, 3.05) is 19.8 Å². The zero-order valence-electron chi connectivity index (χ0n) is 16.8. The third-order valence-electron chi connectivity index (χ3n) is 7.15. The number of carbonyl (C=O) groups is 2. The summed E-state index contributed by atoms with van der Waals surface area (Å²) in [5.74, 6) is 2.73. The SMILES string of the molecule is CCOC1=C(OCC)C(CC(=O)C23CC4CC(CC(C4)C2)C3)(OCC)C1=O. The summed E-state index contributed by atoms with van der Waals surface area (Å²) in [7, 11) is 0. The monoisotopic (exact) mass is 376 g/mol. The van der Waals surface area contributed by atoms with E-state index in [0.717, 1.165) is 19.3 Å². The van der Waals surface area contributed by atoms with Gasteiger partial charge in [0.05, 0.1) is 19.6 Å². The molecule has 1 unspecified atom stereocenters. The van der Waals surface area contributed by atoms with Crippen molar-refractivity contribution < 1.29 is 23.8 Å². The number of hydrogen-bond donors (Lipinski definition) is 0. The van der Waals surface area contributed by atoms with E-state index in [4.69, 9.17) is 14.2 Å². The summed E-state index contributed by atoms with van der Waals surface area (Å²) in [6.07, 6.45) is 6.97. The lowest BCUT2D eigenvalue weighted by Gasteiger charge is -2.56. The maximum Gasteiger partial charge on any atom is 0.241 e. The van der Waals surface area contributed by atoms with Crippen LogP contribution in [0.25, 0.3) is 0 Å². The molecule has 5 nitrogen and oxygen atoms in total. The van der Waals surface area contributed by atoms with Crippen molar-refractivity contribution >= 4 is 11.6 Å². The van der Waals surface area contributed by atoms with Gasteiger partial charge in [-0.25, -0.2) is 0 Å². The number of Topliss-reactive ketones (excluding diaryl/α,β-unsaturated/α-hetero) is 2. The quantitative estimate of drug-likeness (QED) is 0.612. The van der Waals surface area contributed by atoms with Gasteiger partial charge in [0.15, 0.2) is 5.76 Å². The van der Waals surface area contributed by atoms with Gasteiger partial charge in [-0.2, -0.15) is 0 Å². The van der Waals surface area contributed by atoms with E-state index in [9.17, 15) is 9.59 Å². The largest absolute Gasteiger partial charge is 0.491 e. The summed E-state index contributed by atoms with van der Waals surface area (Å²) < 4.78 is 17.2. The molecule has 0 radical (unpaired) electrons. The highest BCUT2D eigenvalue weighted by atomic mass is 16.6. The van der Waals surface area contributed by atoms with Crippen molar-refractivity contribution in [2.24, 2.45) is 23.2 Å². The van der Waals surface area contributed by atoms with Crippen molar-refractivity contribution in [3.63, 3.8) is 0 Å². The molecule has 0 saturated heterocycles. The molecule has 0 aromatic carbocycles. The molecular formula is C22H32O5. The summed E-state index contributed by atoms with van der Waals surface area (Å²) >= 11 is 0. The van der Waals surface area contributed by atoms with Crippen LogP contribution in [-0.4, -0.2) is 37.0 Å². The van der Waals surface area contributed by atoms with Gasteiger partial charge in [-0.05, 0) is 77.0 Å². The lowest BCUT2D eigenvalue weighted by atomic mass is 9.48. The molecule has 4 bridgehead atoms. The third kappa shape index (κ3) is 2.84. The second-order valence-electron chi connectivity index (χ2n) is 8.91. The van der Waals surface area contributed by atoms with Gasteiger partial charge in [0.2, 0.25) is 17.1 Å². The molecule has 0 aromatic rings. The van der Waals surface area contributed by atoms with E-state index in [2.05, 4.69) is 0 Å². The van der Waals surface area contributed by atoms with Crippen molar-refractivity contribution in [1.82, 2.24) is 0 Å². The summed E-state index contributed by atoms with van der Waals surface area (Å²) in [6, 6.07) is 0. The van der Waals surface area contributed by atoms with Gasteiger partial charge >= 0.3 is 0 Å². The van der Waals surface area contributed by atoms with E-state index in [0.29, 0.717) is 43.3 Å². The smallest absolute Gasteiger partial charge is 0.241 e. The summed E-state index contributed by atoms with van der Waals surface area (Å²) in [5.41, 5.74) is -1.51. The van der Waals surface area contributed by atoms with Gasteiger partial charge in [-0.1, -0.05) is 0 Å². The molecule has 5 rings (SSSR count). The first-order chi connectivity index (χ1) is 13.0. The minimum atomic E-state index is -1.27. The molecule has 0 aliphatic heterocycles. The molecule has 5 aliphatic carbocycles. The van der Waals surface area contributed by atoms with E-state index < -0.39 is 5.60 Å². The fourth-order valence-electron chi connectivity index (χ4n) is 6.57. The average Bonchev–Trinajstić information content (AvgIpc) is 2.63. The zero-order valence-corrected chi connectivity index (χ0v) is 16.8. The topological polar surface area (TPSA) is 61.8 Å². The predicted molar refractivity (Wildman–Crippen MR) is 99.9 cm³/mol. The maximum absolute atomic E-state index is 13.6. The number of rotatable bonds is 9. The summed E-state index contributed by atoms with van der Waals surface area (Å²) in [5, 5.41) is 0. The summed E-state index contributed by atoms with van der Waals surface area (Å²) in [4.78, 5) is 26.6. The third-order valence-corrected chi connectivity index (χ3v) is 7.15. The Bertz CT molecular complexity index is 628. The molecule has 0 aromatic heterocycles. The van der Waals surface area contributed by atoms with E-state index in [1.165, 1.54) is 19.3 Å². The van der Waals surface area contributed by atoms with Crippen molar-refractivity contribution in [1.29, 1.82) is 0 Å². The van der Waals surface area contributed by atoms with E-state index in [1.807, 2.05) is 20.8 Å². The number of ketones is 2. The maximum atomic E-state index is 13.6. The van der Waals surface area contributed by atoms with Gasteiger partial charge in [0.25, 0.3) is 0 Å². The Morgan fingerprint density at radius 1 is 0.926 bits per heavy atom. The number of ether oxygens (including phenoxy) is 3. The lowest BCUT2D eigenvalue weighted by Crippen LogP contribution is -2.58. The number of hydrogen-bond acceptors (Lipinski definition) is 5. The lowest BCUT2D eigenvalue weighted by molar-refractivity contribution is -0.167. The van der Waals surface area contributed by atoms with Crippen LogP contribution in [0.15, 0.2) is 11.5 Å². The number of carbonyl (C=O) groups excluding carboxylic acids is 2. The van der Waals surface area contributed by atoms with Crippen LogP contribution >= 0.6 is 0 Å². The first-order valence-corrected chi connectivity index (χ1v) is 10.7. The Balaban J connectivity index is 1.60. The van der Waals surface area contributed by atoms with Crippen LogP contribution in [0, 0.1) is 23.2 Å². The first kappa shape index (κ1) is 19.0. The van der Waals surface area contributed by atoms with Gasteiger partial charge in [-0.3, -0.25) is 9.59 Å². The van der Waals surface area contributed by atoms with Crippen LogP contribution in [-0.2, 0) is 23.8 Å². The Hall–Kier alpha value is -1.36. The standard InChI is InChI=1S/C22H32O5/c1-4-25-18-19(24)22(27-6-3,20(18)26-5-2)13-17(23)21-10-14-7-15(11-21)9-16(8-14)12-21/h14-16H,4-13H2,1-3H3. The van der Waals surface area contributed by atoms with Crippen LogP contribution in [0.4, 0.5) is 0 Å². The molecule has 0 heterocycles. The highest BCUT2D eigenvalue weighted by Gasteiger charge is 2.63. The molecule has 1 atom stereocenters. The summed E-state index contributed by atoms with van der Waals surface area (Å²) in [6.45, 7) is 6.73. The minimum Gasteiger partial charge on any atom is -0.491 e. The molecule has 0 N–H and O–H groups in total. The Morgan fingerprint density at radius 3 is 1.96 bits per heavy atom. The molecule has 0 spiro atoms. The predicted octanol–water partition coefficient (Wildman–Crippen LogP) is 3.80. The van der Waals surface area contributed by atoms with Crippen molar-refractivity contribution in [2.45, 2.75) is 71.3 Å². The molecule has 5 heteroatoms. The minimum absolute atomic E-state index is 0.0950.